The summed E-state index contributed by atoms with van der Waals surface area (Å²) in [6.07, 6.45) is 6.86. The third-order valence-electron chi connectivity index (χ3n) is 7.54. The van der Waals surface area contributed by atoms with Gasteiger partial charge in [0.05, 0.1) is 0 Å². The fraction of sp³-hybridized carbons (Fsp3) is 0.520. The number of rotatable bonds is 4. The number of pyridine rings is 1. The lowest BCUT2D eigenvalue weighted by Gasteiger charge is -2.34. The molecule has 3 nitrogen and oxygen atoms in total. The van der Waals surface area contributed by atoms with Gasteiger partial charge in [-0.15, -0.1) is 0 Å². The van der Waals surface area contributed by atoms with Gasteiger partial charge in [-0.3, -0.25) is 9.78 Å². The fourth-order valence-electron chi connectivity index (χ4n) is 5.48. The lowest BCUT2D eigenvalue weighted by molar-refractivity contribution is -0.135. The second-order valence-corrected chi connectivity index (χ2v) is 9.49. The Hall–Kier alpha value is -2.30. The van der Waals surface area contributed by atoms with Crippen molar-refractivity contribution < 1.29 is 13.6 Å². The van der Waals surface area contributed by atoms with Gasteiger partial charge < -0.3 is 4.90 Å². The molecule has 1 amide bonds. The van der Waals surface area contributed by atoms with E-state index in [-0.39, 0.29) is 23.8 Å². The van der Waals surface area contributed by atoms with Gasteiger partial charge in [-0.25, -0.2) is 8.78 Å². The fourth-order valence-corrected chi connectivity index (χ4v) is 5.48. The number of nitrogens with zero attached hydrogens (tertiary/aromatic N) is 2. The van der Waals surface area contributed by atoms with Gasteiger partial charge in [-0.05, 0) is 74.3 Å². The summed E-state index contributed by atoms with van der Waals surface area (Å²) in [5, 5.41) is 0. The zero-order chi connectivity index (χ0) is 20.9. The van der Waals surface area contributed by atoms with Crippen molar-refractivity contribution in [2.75, 3.05) is 13.1 Å². The number of hydrogen-bond donors (Lipinski definition) is 0. The summed E-state index contributed by atoms with van der Waals surface area (Å²) in [6.45, 7) is 3.49. The highest BCUT2D eigenvalue weighted by atomic mass is 19.1. The van der Waals surface area contributed by atoms with Crippen molar-refractivity contribution in [3.8, 4) is 0 Å². The van der Waals surface area contributed by atoms with E-state index in [4.69, 9.17) is 4.98 Å². The Bertz CT molecular complexity index is 957. The van der Waals surface area contributed by atoms with Gasteiger partial charge in [0, 0.05) is 48.3 Å². The maximum Gasteiger partial charge on any atom is 0.226 e. The molecule has 3 fully saturated rings. The predicted molar refractivity (Wildman–Crippen MR) is 111 cm³/mol. The smallest absolute Gasteiger partial charge is 0.226 e. The van der Waals surface area contributed by atoms with Crippen molar-refractivity contribution in [1.29, 1.82) is 0 Å². The predicted octanol–water partition coefficient (Wildman–Crippen LogP) is 5.16. The van der Waals surface area contributed by atoms with Crippen LogP contribution in [0.15, 0.2) is 30.3 Å². The number of halogens is 2. The first-order valence-corrected chi connectivity index (χ1v) is 11.1. The first-order chi connectivity index (χ1) is 14.4. The van der Waals surface area contributed by atoms with E-state index in [0.717, 1.165) is 49.3 Å². The number of hydrogen-bond acceptors (Lipinski definition) is 2. The van der Waals surface area contributed by atoms with Gasteiger partial charge in [0.25, 0.3) is 0 Å². The summed E-state index contributed by atoms with van der Waals surface area (Å²) in [4.78, 5) is 19.6. The van der Waals surface area contributed by atoms with Crippen LogP contribution in [0.1, 0.15) is 67.0 Å². The molecule has 5 rings (SSSR count). The van der Waals surface area contributed by atoms with E-state index in [9.17, 15) is 13.6 Å². The molecular weight excluding hydrogens is 382 g/mol. The second kappa shape index (κ2) is 7.44. The van der Waals surface area contributed by atoms with Gasteiger partial charge in [-0.1, -0.05) is 12.5 Å². The number of amides is 1. The van der Waals surface area contributed by atoms with E-state index in [0.29, 0.717) is 11.3 Å². The number of carbonyl (C=O) groups is 1. The quantitative estimate of drug-likeness (QED) is 0.698. The third kappa shape index (κ3) is 3.52. The molecule has 1 spiro atoms. The molecular formula is C25H28F2N2O. The Kier molecular flexibility index (Phi) is 4.87. The summed E-state index contributed by atoms with van der Waals surface area (Å²) < 4.78 is 28.1. The SMILES string of the molecule is Cc1cc(Cc2c(F)cccc2F)cc(C2CCN(C(=O)[C@@H]3CC34CCC4)CC2)n1. The summed E-state index contributed by atoms with van der Waals surface area (Å²) in [5.74, 6) is -0.0949. The monoisotopic (exact) mass is 410 g/mol. The topological polar surface area (TPSA) is 33.2 Å². The molecule has 1 atom stereocenters. The van der Waals surface area contributed by atoms with Crippen molar-refractivity contribution in [1.82, 2.24) is 9.88 Å². The molecule has 1 aromatic heterocycles. The summed E-state index contributed by atoms with van der Waals surface area (Å²) in [5.41, 5.74) is 3.20. The minimum absolute atomic E-state index is 0.101. The molecule has 3 aliphatic rings. The van der Waals surface area contributed by atoms with E-state index < -0.39 is 11.6 Å². The second-order valence-electron chi connectivity index (χ2n) is 9.49. The van der Waals surface area contributed by atoms with Crippen molar-refractivity contribution in [2.24, 2.45) is 11.3 Å². The first kappa shape index (κ1) is 19.7. The Labute approximate surface area is 176 Å². The number of likely N-dealkylation sites (tertiary alicyclic amines) is 1. The molecule has 2 aromatic rings. The zero-order valence-corrected chi connectivity index (χ0v) is 17.5. The van der Waals surface area contributed by atoms with Crippen LogP contribution in [-0.4, -0.2) is 28.9 Å². The van der Waals surface area contributed by atoms with Crippen LogP contribution in [-0.2, 0) is 11.2 Å². The molecule has 5 heteroatoms. The third-order valence-corrected chi connectivity index (χ3v) is 7.54. The zero-order valence-electron chi connectivity index (χ0n) is 17.5. The molecule has 2 aliphatic carbocycles. The maximum absolute atomic E-state index is 14.1. The Morgan fingerprint density at radius 3 is 2.47 bits per heavy atom. The molecule has 2 saturated carbocycles. The number of piperidine rings is 1. The van der Waals surface area contributed by atoms with Crippen LogP contribution in [0.2, 0.25) is 0 Å². The summed E-state index contributed by atoms with van der Waals surface area (Å²) in [7, 11) is 0. The molecule has 0 unspecified atom stereocenters. The minimum atomic E-state index is -0.512. The molecule has 30 heavy (non-hydrogen) atoms. The van der Waals surface area contributed by atoms with Gasteiger partial charge in [0.2, 0.25) is 5.91 Å². The standard InChI is InChI=1S/C25H28F2N2O/c1-16-12-17(13-19-21(26)4-2-5-22(19)27)14-23(28-16)18-6-10-29(11-7-18)24(30)20-15-25(20)8-3-9-25/h2,4-5,12,14,18,20H,3,6-11,13,15H2,1H3/t20-/m0/s1. The average Bonchev–Trinajstić information content (AvgIpc) is 3.47. The highest BCUT2D eigenvalue weighted by Gasteiger charge is 2.61. The number of aryl methyl sites for hydroxylation is 1. The lowest BCUT2D eigenvalue weighted by Crippen LogP contribution is -2.40. The summed E-state index contributed by atoms with van der Waals surface area (Å²) in [6, 6.07) is 7.88. The molecule has 2 heterocycles. The highest BCUT2D eigenvalue weighted by molar-refractivity contribution is 5.83. The largest absolute Gasteiger partial charge is 0.342 e. The van der Waals surface area contributed by atoms with Crippen LogP contribution in [0.5, 0.6) is 0 Å². The van der Waals surface area contributed by atoms with Gasteiger partial charge in [0.15, 0.2) is 0 Å². The molecule has 0 bridgehead atoms. The van der Waals surface area contributed by atoms with Crippen molar-refractivity contribution in [3.63, 3.8) is 0 Å². The lowest BCUT2D eigenvalue weighted by atomic mass is 9.79. The van der Waals surface area contributed by atoms with Crippen LogP contribution in [0, 0.1) is 29.9 Å². The summed E-state index contributed by atoms with van der Waals surface area (Å²) >= 11 is 0. The van der Waals surface area contributed by atoms with Gasteiger partial charge >= 0.3 is 0 Å². The molecule has 1 aliphatic heterocycles. The van der Waals surface area contributed by atoms with E-state index in [1.54, 1.807) is 0 Å². The Morgan fingerprint density at radius 1 is 1.17 bits per heavy atom. The van der Waals surface area contributed by atoms with Crippen LogP contribution >= 0.6 is 0 Å². The highest BCUT2D eigenvalue weighted by Crippen LogP contribution is 2.66. The average molecular weight is 411 g/mol. The van der Waals surface area contributed by atoms with Crippen molar-refractivity contribution in [2.45, 2.75) is 57.8 Å². The Morgan fingerprint density at radius 2 is 1.87 bits per heavy atom. The van der Waals surface area contributed by atoms with E-state index in [2.05, 4.69) is 4.90 Å². The molecule has 0 N–H and O–H groups in total. The molecule has 158 valence electrons. The normalized spacial score (nSPS) is 22.8. The Balaban J connectivity index is 1.26. The van der Waals surface area contributed by atoms with Crippen LogP contribution < -0.4 is 0 Å². The maximum atomic E-state index is 14.1. The number of benzene rings is 1. The van der Waals surface area contributed by atoms with E-state index >= 15 is 0 Å². The van der Waals surface area contributed by atoms with Crippen LogP contribution in [0.4, 0.5) is 8.78 Å². The number of carbonyl (C=O) groups excluding carboxylic acids is 1. The van der Waals surface area contributed by atoms with Gasteiger partial charge in [0.1, 0.15) is 11.6 Å². The van der Waals surface area contributed by atoms with Crippen molar-refractivity contribution in [3.05, 3.63) is 64.5 Å². The first-order valence-electron chi connectivity index (χ1n) is 11.1. The number of aromatic nitrogens is 1. The molecule has 0 radical (unpaired) electrons. The van der Waals surface area contributed by atoms with Gasteiger partial charge in [-0.2, -0.15) is 0 Å². The minimum Gasteiger partial charge on any atom is -0.342 e. The van der Waals surface area contributed by atoms with Crippen LogP contribution in [0.25, 0.3) is 0 Å². The van der Waals surface area contributed by atoms with E-state index in [1.807, 2.05) is 19.1 Å². The molecule has 1 aromatic carbocycles. The molecule has 1 saturated heterocycles. The van der Waals surface area contributed by atoms with E-state index in [1.165, 1.54) is 37.5 Å². The van der Waals surface area contributed by atoms with Crippen LogP contribution in [0.3, 0.4) is 0 Å². The van der Waals surface area contributed by atoms with Crippen molar-refractivity contribution >= 4 is 5.91 Å².